The highest BCUT2D eigenvalue weighted by Crippen LogP contribution is 2.28. The molecule has 21 heavy (non-hydrogen) atoms. The summed E-state index contributed by atoms with van der Waals surface area (Å²) in [5.74, 6) is 1.41. The Hall–Kier alpha value is -1.52. The molecule has 0 saturated heterocycles. The van der Waals surface area contributed by atoms with Gasteiger partial charge in [0.2, 0.25) is 5.95 Å². The number of rotatable bonds is 5. The second kappa shape index (κ2) is 6.96. The minimum atomic E-state index is 0.515. The Bertz CT molecular complexity index is 627. The van der Waals surface area contributed by atoms with Gasteiger partial charge in [-0.05, 0) is 39.0 Å². The Balaban J connectivity index is 2.34. The molecule has 4 nitrogen and oxygen atoms in total. The molecule has 1 aromatic heterocycles. The number of halogens is 2. The van der Waals surface area contributed by atoms with E-state index in [1.54, 1.807) is 18.2 Å². The van der Waals surface area contributed by atoms with Gasteiger partial charge in [0.1, 0.15) is 5.82 Å². The van der Waals surface area contributed by atoms with Gasteiger partial charge in [-0.15, -0.1) is 0 Å². The summed E-state index contributed by atoms with van der Waals surface area (Å²) >= 11 is 12.1. The van der Waals surface area contributed by atoms with Gasteiger partial charge < -0.3 is 10.2 Å². The second-order valence-corrected chi connectivity index (χ2v) is 5.46. The molecule has 0 bridgehead atoms. The van der Waals surface area contributed by atoms with Crippen LogP contribution in [0.2, 0.25) is 10.0 Å². The molecule has 112 valence electrons. The summed E-state index contributed by atoms with van der Waals surface area (Å²) in [5, 5.41) is 4.32. The maximum atomic E-state index is 6.16. The van der Waals surface area contributed by atoms with E-state index in [-0.39, 0.29) is 0 Å². The maximum absolute atomic E-state index is 6.16. The molecule has 2 aromatic rings. The van der Waals surface area contributed by atoms with E-state index in [0.29, 0.717) is 21.7 Å². The molecule has 0 amide bonds. The lowest BCUT2D eigenvalue weighted by Gasteiger charge is -2.20. The van der Waals surface area contributed by atoms with Gasteiger partial charge in [0.25, 0.3) is 0 Å². The predicted octanol–water partition coefficient (Wildman–Crippen LogP) is 4.68. The third-order valence-electron chi connectivity index (χ3n) is 3.10. The zero-order valence-corrected chi connectivity index (χ0v) is 13.8. The number of anilines is 3. The first kappa shape index (κ1) is 15.9. The third kappa shape index (κ3) is 3.99. The van der Waals surface area contributed by atoms with Crippen molar-refractivity contribution in [2.24, 2.45) is 0 Å². The van der Waals surface area contributed by atoms with Gasteiger partial charge in [0.05, 0.1) is 10.7 Å². The Morgan fingerprint density at radius 1 is 1.10 bits per heavy atom. The topological polar surface area (TPSA) is 41.1 Å². The fourth-order valence-corrected chi connectivity index (χ4v) is 2.37. The van der Waals surface area contributed by atoms with Crippen molar-refractivity contribution in [1.82, 2.24) is 9.97 Å². The number of aryl methyl sites for hydroxylation is 1. The van der Waals surface area contributed by atoms with Crippen molar-refractivity contribution in [2.45, 2.75) is 20.8 Å². The standard InChI is InChI=1S/C15H18Cl2N4/c1-4-21(5-2)14-8-10(3)18-15(20-14)19-13-9-11(16)6-7-12(13)17/h6-9H,4-5H2,1-3H3,(H,18,19,20). The molecular formula is C15H18Cl2N4. The maximum Gasteiger partial charge on any atom is 0.229 e. The average Bonchev–Trinajstić information content (AvgIpc) is 2.44. The highest BCUT2D eigenvalue weighted by atomic mass is 35.5. The van der Waals surface area contributed by atoms with E-state index in [1.807, 2.05) is 13.0 Å². The number of nitrogens with zero attached hydrogens (tertiary/aromatic N) is 3. The molecule has 1 aromatic carbocycles. The van der Waals surface area contributed by atoms with E-state index in [1.165, 1.54) is 0 Å². The lowest BCUT2D eigenvalue weighted by atomic mass is 10.3. The van der Waals surface area contributed by atoms with Crippen LogP contribution in [0.5, 0.6) is 0 Å². The number of benzene rings is 1. The quantitative estimate of drug-likeness (QED) is 0.866. The molecule has 0 aliphatic rings. The minimum Gasteiger partial charge on any atom is -0.357 e. The molecule has 1 N–H and O–H groups in total. The number of nitrogens with one attached hydrogen (secondary N) is 1. The van der Waals surface area contributed by atoms with E-state index < -0.39 is 0 Å². The Morgan fingerprint density at radius 2 is 1.81 bits per heavy atom. The van der Waals surface area contributed by atoms with Crippen LogP contribution in [0.4, 0.5) is 17.5 Å². The molecule has 0 spiro atoms. The van der Waals surface area contributed by atoms with Crippen molar-refractivity contribution in [3.05, 3.63) is 40.0 Å². The largest absolute Gasteiger partial charge is 0.357 e. The minimum absolute atomic E-state index is 0.515. The predicted molar refractivity (Wildman–Crippen MR) is 90.1 cm³/mol. The lowest BCUT2D eigenvalue weighted by Crippen LogP contribution is -2.23. The smallest absolute Gasteiger partial charge is 0.229 e. The fraction of sp³-hybridized carbons (Fsp3) is 0.333. The highest BCUT2D eigenvalue weighted by Gasteiger charge is 2.09. The summed E-state index contributed by atoms with van der Waals surface area (Å²) in [6.07, 6.45) is 0. The molecule has 0 radical (unpaired) electrons. The van der Waals surface area contributed by atoms with Crippen LogP contribution in [0, 0.1) is 6.92 Å². The molecule has 0 unspecified atom stereocenters. The zero-order chi connectivity index (χ0) is 15.4. The Morgan fingerprint density at radius 3 is 2.48 bits per heavy atom. The van der Waals surface area contributed by atoms with E-state index in [2.05, 4.69) is 34.0 Å². The molecular weight excluding hydrogens is 307 g/mol. The van der Waals surface area contributed by atoms with Crippen LogP contribution in [0.3, 0.4) is 0 Å². The lowest BCUT2D eigenvalue weighted by molar-refractivity contribution is 0.840. The zero-order valence-electron chi connectivity index (χ0n) is 12.3. The summed E-state index contributed by atoms with van der Waals surface area (Å²) in [6.45, 7) is 7.93. The van der Waals surface area contributed by atoms with Gasteiger partial charge in [0.15, 0.2) is 0 Å². The van der Waals surface area contributed by atoms with Gasteiger partial charge >= 0.3 is 0 Å². The van der Waals surface area contributed by atoms with Gasteiger partial charge in [-0.25, -0.2) is 4.98 Å². The monoisotopic (exact) mass is 324 g/mol. The van der Waals surface area contributed by atoms with E-state index in [9.17, 15) is 0 Å². The summed E-state index contributed by atoms with van der Waals surface area (Å²) in [5.41, 5.74) is 1.59. The van der Waals surface area contributed by atoms with Crippen LogP contribution in [0.1, 0.15) is 19.5 Å². The Kier molecular flexibility index (Phi) is 5.26. The van der Waals surface area contributed by atoms with Crippen molar-refractivity contribution in [3.8, 4) is 0 Å². The summed E-state index contributed by atoms with van der Waals surface area (Å²) in [4.78, 5) is 11.1. The van der Waals surface area contributed by atoms with Gasteiger partial charge in [0, 0.05) is 29.9 Å². The molecule has 6 heteroatoms. The first-order valence-corrected chi connectivity index (χ1v) is 7.61. The molecule has 2 rings (SSSR count). The van der Waals surface area contributed by atoms with Crippen LogP contribution < -0.4 is 10.2 Å². The van der Waals surface area contributed by atoms with E-state index in [0.717, 1.165) is 24.6 Å². The normalized spacial score (nSPS) is 10.5. The molecule has 1 heterocycles. The summed E-state index contributed by atoms with van der Waals surface area (Å²) < 4.78 is 0. The molecule has 0 saturated carbocycles. The first-order chi connectivity index (χ1) is 10.0. The van der Waals surface area contributed by atoms with Gasteiger partial charge in [-0.1, -0.05) is 23.2 Å². The van der Waals surface area contributed by atoms with Crippen molar-refractivity contribution in [2.75, 3.05) is 23.3 Å². The van der Waals surface area contributed by atoms with Crippen LogP contribution in [0.15, 0.2) is 24.3 Å². The van der Waals surface area contributed by atoms with Crippen molar-refractivity contribution < 1.29 is 0 Å². The summed E-state index contributed by atoms with van der Waals surface area (Å²) in [7, 11) is 0. The van der Waals surface area contributed by atoms with Gasteiger partial charge in [-0.2, -0.15) is 4.98 Å². The fourth-order valence-electron chi connectivity index (χ4n) is 2.03. The van der Waals surface area contributed by atoms with Gasteiger partial charge in [-0.3, -0.25) is 0 Å². The average molecular weight is 325 g/mol. The van der Waals surface area contributed by atoms with E-state index >= 15 is 0 Å². The summed E-state index contributed by atoms with van der Waals surface area (Å²) in [6, 6.07) is 7.21. The van der Waals surface area contributed by atoms with Crippen molar-refractivity contribution in [1.29, 1.82) is 0 Å². The van der Waals surface area contributed by atoms with Crippen molar-refractivity contribution in [3.63, 3.8) is 0 Å². The first-order valence-electron chi connectivity index (χ1n) is 6.86. The molecule has 0 aliphatic carbocycles. The van der Waals surface area contributed by atoms with Crippen molar-refractivity contribution >= 4 is 40.7 Å². The van der Waals surface area contributed by atoms with E-state index in [4.69, 9.17) is 23.2 Å². The van der Waals surface area contributed by atoms with Crippen LogP contribution >= 0.6 is 23.2 Å². The third-order valence-corrected chi connectivity index (χ3v) is 3.67. The SMILES string of the molecule is CCN(CC)c1cc(C)nc(Nc2cc(Cl)ccc2Cl)n1. The van der Waals surface area contributed by atoms with Crippen LogP contribution in [-0.2, 0) is 0 Å². The number of hydrogen-bond acceptors (Lipinski definition) is 4. The van der Waals surface area contributed by atoms with Crippen LogP contribution in [0.25, 0.3) is 0 Å². The second-order valence-electron chi connectivity index (χ2n) is 4.61. The highest BCUT2D eigenvalue weighted by molar-refractivity contribution is 6.35. The number of aromatic nitrogens is 2. The molecule has 0 aliphatic heterocycles. The number of hydrogen-bond donors (Lipinski definition) is 1. The Labute approximate surface area is 135 Å². The molecule has 0 atom stereocenters. The molecule has 0 fully saturated rings. The van der Waals surface area contributed by atoms with Crippen LogP contribution in [-0.4, -0.2) is 23.1 Å².